The van der Waals surface area contributed by atoms with Crippen LogP contribution in [0.4, 0.5) is 0 Å². The van der Waals surface area contributed by atoms with Crippen molar-refractivity contribution in [3.05, 3.63) is 113 Å². The molecule has 0 unspecified atom stereocenters. The van der Waals surface area contributed by atoms with Gasteiger partial charge in [0, 0.05) is 17.0 Å². The van der Waals surface area contributed by atoms with Gasteiger partial charge in [0.2, 0.25) is 0 Å². The summed E-state index contributed by atoms with van der Waals surface area (Å²) in [5.74, 6) is 0.817. The molecule has 28 heavy (non-hydrogen) atoms. The fourth-order valence-electron chi connectivity index (χ4n) is 2.51. The van der Waals surface area contributed by atoms with Gasteiger partial charge < -0.3 is 16.2 Å². The van der Waals surface area contributed by atoms with Crippen molar-refractivity contribution in [2.75, 3.05) is 7.11 Å². The zero-order valence-electron chi connectivity index (χ0n) is 16.6. The van der Waals surface area contributed by atoms with E-state index in [9.17, 15) is 0 Å². The number of benzene rings is 1. The normalized spacial score (nSPS) is 15.1. The van der Waals surface area contributed by atoms with E-state index in [2.05, 4.69) is 30.9 Å². The summed E-state index contributed by atoms with van der Waals surface area (Å²) < 4.78 is 5.56. The van der Waals surface area contributed by atoms with E-state index in [1.54, 1.807) is 7.11 Å². The maximum absolute atomic E-state index is 5.82. The molecule has 1 aromatic carbocycles. The van der Waals surface area contributed by atoms with Crippen LogP contribution in [0.2, 0.25) is 0 Å². The number of nitrogens with two attached hydrogens (primary N) is 2. The quantitative estimate of drug-likeness (QED) is 0.628. The maximum atomic E-state index is 5.82. The molecule has 0 saturated carbocycles. The molecule has 0 atom stereocenters. The zero-order valence-corrected chi connectivity index (χ0v) is 16.6. The number of hydrogen-bond acceptors (Lipinski definition) is 3. The number of hydrogen-bond donors (Lipinski definition) is 2. The summed E-state index contributed by atoms with van der Waals surface area (Å²) in [4.78, 5) is 0. The van der Waals surface area contributed by atoms with Crippen LogP contribution in [0.25, 0.3) is 12.2 Å². The van der Waals surface area contributed by atoms with Crippen LogP contribution >= 0.6 is 0 Å². The Bertz CT molecular complexity index is 922. The predicted octanol–water partition coefficient (Wildman–Crippen LogP) is 5.43. The maximum Gasteiger partial charge on any atom is 0.126 e. The van der Waals surface area contributed by atoms with Crippen LogP contribution in [0.3, 0.4) is 0 Å². The summed E-state index contributed by atoms with van der Waals surface area (Å²) in [6.07, 6.45) is 22.5. The molecule has 144 valence electrons. The van der Waals surface area contributed by atoms with E-state index in [1.165, 1.54) is 5.57 Å². The molecule has 0 radical (unpaired) electrons. The molecule has 0 amide bonds. The van der Waals surface area contributed by atoms with Crippen molar-refractivity contribution in [1.82, 2.24) is 0 Å². The first kappa shape index (κ1) is 20.8. The third kappa shape index (κ3) is 6.69. The predicted molar refractivity (Wildman–Crippen MR) is 121 cm³/mol. The molecule has 1 aliphatic rings. The standard InChI is InChI=1S/C25H28N2O/c1-4-23(26)16-9-19(2)8-10-21-12-15-22(25(18-21)28-3)14-11-20-6-5-7-24(27)17-13-20/h4-5,7-18H,2,6,26-27H2,1,3H3/b10-8+,14-11+,16-9-,23-4+. The molecular formula is C25H28N2O. The van der Waals surface area contributed by atoms with E-state index >= 15 is 0 Å². The summed E-state index contributed by atoms with van der Waals surface area (Å²) in [7, 11) is 1.68. The van der Waals surface area contributed by atoms with Crippen molar-refractivity contribution in [1.29, 1.82) is 0 Å². The van der Waals surface area contributed by atoms with Gasteiger partial charge in [0.25, 0.3) is 0 Å². The highest BCUT2D eigenvalue weighted by atomic mass is 16.5. The highest BCUT2D eigenvalue weighted by Crippen LogP contribution is 2.24. The Morgan fingerprint density at radius 1 is 1.11 bits per heavy atom. The van der Waals surface area contributed by atoms with E-state index in [-0.39, 0.29) is 0 Å². The van der Waals surface area contributed by atoms with Crippen LogP contribution in [0.5, 0.6) is 5.75 Å². The minimum Gasteiger partial charge on any atom is -0.496 e. The van der Waals surface area contributed by atoms with E-state index in [0.29, 0.717) is 5.70 Å². The second kappa shape index (κ2) is 10.6. The highest BCUT2D eigenvalue weighted by molar-refractivity contribution is 5.65. The van der Waals surface area contributed by atoms with E-state index < -0.39 is 0 Å². The first-order chi connectivity index (χ1) is 13.5. The molecule has 0 bridgehead atoms. The van der Waals surface area contributed by atoms with Gasteiger partial charge in [0.1, 0.15) is 5.75 Å². The molecular weight excluding hydrogens is 344 g/mol. The van der Waals surface area contributed by atoms with Gasteiger partial charge in [-0.05, 0) is 54.3 Å². The molecule has 0 aliphatic heterocycles. The summed E-state index contributed by atoms with van der Waals surface area (Å²) in [6.45, 7) is 5.90. The monoisotopic (exact) mass is 372 g/mol. The molecule has 3 heteroatoms. The lowest BCUT2D eigenvalue weighted by Crippen LogP contribution is -1.90. The molecule has 1 aliphatic carbocycles. The van der Waals surface area contributed by atoms with E-state index in [1.807, 2.05) is 67.7 Å². The van der Waals surface area contributed by atoms with Crippen LogP contribution in [0.15, 0.2) is 102 Å². The lowest BCUT2D eigenvalue weighted by atomic mass is 10.1. The molecule has 0 saturated heterocycles. The summed E-state index contributed by atoms with van der Waals surface area (Å²) in [5.41, 5.74) is 17.2. The topological polar surface area (TPSA) is 61.3 Å². The van der Waals surface area contributed by atoms with Gasteiger partial charge in [-0.3, -0.25) is 0 Å². The minimum absolute atomic E-state index is 0.713. The highest BCUT2D eigenvalue weighted by Gasteiger charge is 2.01. The molecule has 0 fully saturated rings. The van der Waals surface area contributed by atoms with Gasteiger partial charge in [0.05, 0.1) is 7.11 Å². The van der Waals surface area contributed by atoms with Gasteiger partial charge >= 0.3 is 0 Å². The summed E-state index contributed by atoms with van der Waals surface area (Å²) in [5, 5.41) is 0. The first-order valence-corrected chi connectivity index (χ1v) is 9.17. The van der Waals surface area contributed by atoms with Crippen molar-refractivity contribution < 1.29 is 4.74 Å². The van der Waals surface area contributed by atoms with Gasteiger partial charge in [-0.15, -0.1) is 0 Å². The Kier molecular flexibility index (Phi) is 7.92. The van der Waals surface area contributed by atoms with Crippen LogP contribution in [0, 0.1) is 0 Å². The number of allylic oxidation sites excluding steroid dienone is 11. The van der Waals surface area contributed by atoms with Gasteiger partial charge in [-0.25, -0.2) is 0 Å². The molecule has 1 aromatic rings. The van der Waals surface area contributed by atoms with Crippen LogP contribution < -0.4 is 16.2 Å². The number of ether oxygens (including phenoxy) is 1. The lowest BCUT2D eigenvalue weighted by molar-refractivity contribution is 0.414. The fraction of sp³-hybridized carbons (Fsp3) is 0.120. The van der Waals surface area contributed by atoms with Crippen molar-refractivity contribution in [2.45, 2.75) is 13.3 Å². The van der Waals surface area contributed by atoms with Gasteiger partial charge in [0.15, 0.2) is 0 Å². The van der Waals surface area contributed by atoms with Crippen molar-refractivity contribution in [2.24, 2.45) is 11.5 Å². The molecule has 3 nitrogen and oxygen atoms in total. The van der Waals surface area contributed by atoms with E-state index in [0.717, 1.165) is 34.6 Å². The third-order valence-electron chi connectivity index (χ3n) is 4.20. The number of rotatable bonds is 7. The van der Waals surface area contributed by atoms with E-state index in [4.69, 9.17) is 16.2 Å². The second-order valence-corrected chi connectivity index (χ2v) is 6.38. The van der Waals surface area contributed by atoms with Gasteiger partial charge in [-0.1, -0.05) is 67.3 Å². The molecule has 0 heterocycles. The minimum atomic E-state index is 0.713. The largest absolute Gasteiger partial charge is 0.496 e. The first-order valence-electron chi connectivity index (χ1n) is 9.17. The summed E-state index contributed by atoms with van der Waals surface area (Å²) in [6, 6.07) is 6.10. The van der Waals surface area contributed by atoms with Gasteiger partial charge in [-0.2, -0.15) is 0 Å². The van der Waals surface area contributed by atoms with Crippen molar-refractivity contribution >= 4 is 12.2 Å². The van der Waals surface area contributed by atoms with Crippen LogP contribution in [-0.4, -0.2) is 7.11 Å². The molecule has 0 aromatic heterocycles. The van der Waals surface area contributed by atoms with Crippen molar-refractivity contribution in [3.8, 4) is 5.75 Å². The Hall–Kier alpha value is -3.46. The SMILES string of the molecule is C=C(/C=C\C(N)=C/C)/C=C/c1ccc(/C=C/C2=CC=C(N)C=CC2)c(OC)c1. The average molecular weight is 373 g/mol. The molecule has 2 rings (SSSR count). The van der Waals surface area contributed by atoms with Crippen LogP contribution in [-0.2, 0) is 0 Å². The molecule has 4 N–H and O–H groups in total. The van der Waals surface area contributed by atoms with Crippen LogP contribution in [0.1, 0.15) is 24.5 Å². The zero-order chi connectivity index (χ0) is 20.4. The second-order valence-electron chi connectivity index (χ2n) is 6.38. The number of methoxy groups -OCH3 is 1. The Morgan fingerprint density at radius 2 is 1.93 bits per heavy atom. The lowest BCUT2D eigenvalue weighted by Gasteiger charge is -2.06. The Labute approximate surface area is 168 Å². The average Bonchev–Trinajstić information content (AvgIpc) is 2.93. The smallest absolute Gasteiger partial charge is 0.126 e. The Morgan fingerprint density at radius 3 is 2.68 bits per heavy atom. The van der Waals surface area contributed by atoms with Crippen molar-refractivity contribution in [3.63, 3.8) is 0 Å². The molecule has 0 spiro atoms. The summed E-state index contributed by atoms with van der Waals surface area (Å²) >= 11 is 0. The third-order valence-corrected chi connectivity index (χ3v) is 4.20. The fourth-order valence-corrected chi connectivity index (χ4v) is 2.51. The Balaban J connectivity index is 2.12.